The van der Waals surface area contributed by atoms with Crippen molar-refractivity contribution in [3.8, 4) is 11.5 Å². The van der Waals surface area contributed by atoms with Crippen molar-refractivity contribution in [2.24, 2.45) is 0 Å². The van der Waals surface area contributed by atoms with Crippen molar-refractivity contribution in [2.75, 3.05) is 0 Å². The van der Waals surface area contributed by atoms with Crippen molar-refractivity contribution in [1.82, 2.24) is 15.5 Å². The van der Waals surface area contributed by atoms with Crippen LogP contribution >= 0.6 is 0 Å². The molecule has 5 heteroatoms. The molecular weight excluding hydrogens is 362 g/mol. The third-order valence-electron chi connectivity index (χ3n) is 4.63. The maximum Gasteiger partial charge on any atom is 0.247 e. The van der Waals surface area contributed by atoms with E-state index in [1.54, 1.807) is 0 Å². The van der Waals surface area contributed by atoms with Crippen LogP contribution in [0.4, 0.5) is 0 Å². The Labute approximate surface area is 169 Å². The number of carbonyl (C=O) groups excluding carboxylic acids is 1. The van der Waals surface area contributed by atoms with Gasteiger partial charge in [-0.05, 0) is 29.7 Å². The number of amides is 1. The molecule has 0 aliphatic carbocycles. The van der Waals surface area contributed by atoms with Gasteiger partial charge in [0.1, 0.15) is 6.04 Å². The van der Waals surface area contributed by atoms with Crippen molar-refractivity contribution >= 4 is 5.91 Å². The van der Waals surface area contributed by atoms with E-state index < -0.39 is 6.04 Å². The van der Waals surface area contributed by atoms with Crippen molar-refractivity contribution in [3.05, 3.63) is 108 Å². The third kappa shape index (κ3) is 4.76. The molecule has 0 spiro atoms. The van der Waals surface area contributed by atoms with Gasteiger partial charge in [-0.1, -0.05) is 78.9 Å². The van der Waals surface area contributed by atoms with E-state index in [-0.39, 0.29) is 5.91 Å². The average molecular weight is 383 g/mol. The molecule has 5 nitrogen and oxygen atoms in total. The maximum absolute atomic E-state index is 12.6. The fourth-order valence-corrected chi connectivity index (χ4v) is 3.12. The Morgan fingerprint density at radius 2 is 1.45 bits per heavy atom. The number of aromatic nitrogens is 2. The van der Waals surface area contributed by atoms with Crippen molar-refractivity contribution < 1.29 is 9.21 Å². The van der Waals surface area contributed by atoms with Crippen LogP contribution in [0.15, 0.2) is 95.4 Å². The number of nitrogens with zero attached hydrogens (tertiary/aromatic N) is 2. The summed E-state index contributed by atoms with van der Waals surface area (Å²) in [5, 5.41) is 11.4. The fourth-order valence-electron chi connectivity index (χ4n) is 3.12. The van der Waals surface area contributed by atoms with Crippen LogP contribution in [-0.4, -0.2) is 16.1 Å². The zero-order chi connectivity index (χ0) is 19.9. The molecule has 1 aromatic heterocycles. The van der Waals surface area contributed by atoms with Crippen LogP contribution in [0.25, 0.3) is 11.5 Å². The predicted molar refractivity (Wildman–Crippen MR) is 111 cm³/mol. The smallest absolute Gasteiger partial charge is 0.247 e. The standard InChI is InChI=1S/C24H21N3O2/c28-21(17-16-18-10-4-1-5-11-18)25-22(19-12-6-2-7-13-19)24-27-26-23(29-24)20-14-8-3-9-15-20/h1-15,22H,16-17H2,(H,25,28)/t22-/m1/s1. The van der Waals surface area contributed by atoms with Gasteiger partial charge in [-0.3, -0.25) is 4.79 Å². The van der Waals surface area contributed by atoms with E-state index in [2.05, 4.69) is 15.5 Å². The minimum absolute atomic E-state index is 0.0674. The van der Waals surface area contributed by atoms with Crippen LogP contribution in [0.1, 0.15) is 29.5 Å². The first kappa shape index (κ1) is 18.6. The lowest BCUT2D eigenvalue weighted by Gasteiger charge is -2.15. The number of hydrogen-bond donors (Lipinski definition) is 1. The number of rotatable bonds is 7. The van der Waals surface area contributed by atoms with Crippen molar-refractivity contribution in [3.63, 3.8) is 0 Å². The molecule has 0 saturated carbocycles. The first-order valence-electron chi connectivity index (χ1n) is 9.56. The zero-order valence-electron chi connectivity index (χ0n) is 15.9. The maximum atomic E-state index is 12.6. The topological polar surface area (TPSA) is 68.0 Å². The Balaban J connectivity index is 1.53. The highest BCUT2D eigenvalue weighted by Crippen LogP contribution is 2.25. The predicted octanol–water partition coefficient (Wildman–Crippen LogP) is 4.58. The lowest BCUT2D eigenvalue weighted by Crippen LogP contribution is -2.29. The molecule has 4 aromatic rings. The van der Waals surface area contributed by atoms with Gasteiger partial charge in [-0.15, -0.1) is 10.2 Å². The quantitative estimate of drug-likeness (QED) is 0.507. The summed E-state index contributed by atoms with van der Waals surface area (Å²) >= 11 is 0. The molecule has 1 atom stereocenters. The van der Waals surface area contributed by atoms with Crippen LogP contribution in [0.5, 0.6) is 0 Å². The highest BCUT2D eigenvalue weighted by Gasteiger charge is 2.23. The zero-order valence-corrected chi connectivity index (χ0v) is 15.9. The highest BCUT2D eigenvalue weighted by molar-refractivity contribution is 5.77. The molecule has 0 fully saturated rings. The summed E-state index contributed by atoms with van der Waals surface area (Å²) in [6.07, 6.45) is 1.06. The molecule has 0 unspecified atom stereocenters. The summed E-state index contributed by atoms with van der Waals surface area (Å²) in [6, 6.07) is 28.7. The Kier molecular flexibility index (Phi) is 5.76. The Morgan fingerprint density at radius 1 is 0.828 bits per heavy atom. The second-order valence-electron chi connectivity index (χ2n) is 6.71. The average Bonchev–Trinajstić information content (AvgIpc) is 3.28. The van der Waals surface area contributed by atoms with Crippen LogP contribution < -0.4 is 5.32 Å². The normalized spacial score (nSPS) is 11.7. The van der Waals surface area contributed by atoms with E-state index in [9.17, 15) is 4.79 Å². The van der Waals surface area contributed by atoms with E-state index in [4.69, 9.17) is 4.42 Å². The van der Waals surface area contributed by atoms with Gasteiger partial charge in [0.05, 0.1) is 0 Å². The van der Waals surface area contributed by atoms with E-state index in [1.165, 1.54) is 0 Å². The molecule has 0 radical (unpaired) electrons. The van der Waals surface area contributed by atoms with E-state index in [0.29, 0.717) is 24.6 Å². The molecule has 1 N–H and O–H groups in total. The van der Waals surface area contributed by atoms with Gasteiger partial charge < -0.3 is 9.73 Å². The molecule has 1 amide bonds. The third-order valence-corrected chi connectivity index (χ3v) is 4.63. The highest BCUT2D eigenvalue weighted by atomic mass is 16.4. The summed E-state index contributed by atoms with van der Waals surface area (Å²) in [6.45, 7) is 0. The van der Waals surface area contributed by atoms with Gasteiger partial charge in [0.25, 0.3) is 0 Å². The van der Waals surface area contributed by atoms with Gasteiger partial charge in [0, 0.05) is 12.0 Å². The Hall–Kier alpha value is -3.73. The molecule has 1 heterocycles. The molecule has 0 aliphatic heterocycles. The van der Waals surface area contributed by atoms with Crippen LogP contribution in [0.2, 0.25) is 0 Å². The fraction of sp³-hybridized carbons (Fsp3) is 0.125. The molecule has 0 aliphatic rings. The molecule has 0 saturated heterocycles. The SMILES string of the molecule is O=C(CCc1ccccc1)N[C@H](c1ccccc1)c1nnc(-c2ccccc2)o1. The Bertz CT molecular complexity index is 1050. The van der Waals surface area contributed by atoms with Crippen molar-refractivity contribution in [1.29, 1.82) is 0 Å². The number of nitrogens with one attached hydrogen (secondary N) is 1. The van der Waals surface area contributed by atoms with Crippen molar-refractivity contribution in [2.45, 2.75) is 18.9 Å². The second kappa shape index (κ2) is 8.97. The second-order valence-corrected chi connectivity index (χ2v) is 6.71. The molecule has 144 valence electrons. The van der Waals surface area contributed by atoms with Gasteiger partial charge >= 0.3 is 0 Å². The lowest BCUT2D eigenvalue weighted by molar-refractivity contribution is -0.121. The van der Waals surface area contributed by atoms with Gasteiger partial charge in [-0.2, -0.15) is 0 Å². The summed E-state index contributed by atoms with van der Waals surface area (Å²) in [5.74, 6) is 0.727. The number of hydrogen-bond acceptors (Lipinski definition) is 4. The molecule has 0 bridgehead atoms. The molecule has 4 rings (SSSR count). The van der Waals surface area contributed by atoms with Gasteiger partial charge in [-0.25, -0.2) is 0 Å². The van der Waals surface area contributed by atoms with Crippen LogP contribution in [-0.2, 0) is 11.2 Å². The number of benzene rings is 3. The summed E-state index contributed by atoms with van der Waals surface area (Å²) in [5.41, 5.74) is 2.86. The molecular formula is C24H21N3O2. The molecule has 3 aromatic carbocycles. The summed E-state index contributed by atoms with van der Waals surface area (Å²) in [4.78, 5) is 12.6. The van der Waals surface area contributed by atoms with Crippen LogP contribution in [0.3, 0.4) is 0 Å². The van der Waals surface area contributed by atoms with E-state index >= 15 is 0 Å². The van der Waals surface area contributed by atoms with Gasteiger partial charge in [0.2, 0.25) is 17.7 Å². The summed E-state index contributed by atoms with van der Waals surface area (Å²) in [7, 11) is 0. The minimum Gasteiger partial charge on any atom is -0.418 e. The summed E-state index contributed by atoms with van der Waals surface area (Å²) < 4.78 is 5.91. The number of aryl methyl sites for hydroxylation is 1. The Morgan fingerprint density at radius 3 is 2.14 bits per heavy atom. The largest absolute Gasteiger partial charge is 0.418 e. The number of carbonyl (C=O) groups is 1. The first-order chi connectivity index (χ1) is 14.3. The van der Waals surface area contributed by atoms with Gasteiger partial charge in [0.15, 0.2) is 0 Å². The first-order valence-corrected chi connectivity index (χ1v) is 9.56. The lowest BCUT2D eigenvalue weighted by atomic mass is 10.1. The van der Waals surface area contributed by atoms with E-state index in [1.807, 2.05) is 91.0 Å². The minimum atomic E-state index is -0.496. The molecule has 29 heavy (non-hydrogen) atoms. The monoisotopic (exact) mass is 383 g/mol. The van der Waals surface area contributed by atoms with E-state index in [0.717, 1.165) is 16.7 Å². The van der Waals surface area contributed by atoms with Crippen LogP contribution in [0, 0.1) is 0 Å².